The normalized spacial score (nSPS) is 54.9. The Bertz CT molecular complexity index is 388. The highest BCUT2D eigenvalue weighted by Crippen LogP contribution is 2.54. The Labute approximate surface area is 101 Å². The van der Waals surface area contributed by atoms with Crippen molar-refractivity contribution in [1.82, 2.24) is 0 Å². The van der Waals surface area contributed by atoms with E-state index >= 15 is 0 Å². The van der Waals surface area contributed by atoms with Crippen LogP contribution >= 0.6 is 0 Å². The Balaban J connectivity index is 2.17. The van der Waals surface area contributed by atoms with E-state index in [2.05, 4.69) is 6.08 Å². The van der Waals surface area contributed by atoms with Gasteiger partial charge in [0.1, 0.15) is 5.60 Å². The summed E-state index contributed by atoms with van der Waals surface area (Å²) >= 11 is 0. The van der Waals surface area contributed by atoms with E-state index in [-0.39, 0.29) is 0 Å². The number of hydrogen-bond donors (Lipinski definition) is 0. The zero-order chi connectivity index (χ0) is 11.4. The number of ether oxygens (including phenoxy) is 1. The SMILES string of the molecule is CO[C@]12C=C[C@H](CC1)CC21S(=O)CCS1=O. The predicted molar refractivity (Wildman–Crippen MR) is 65.0 cm³/mol. The molecule has 0 aromatic rings. The molecule has 1 aliphatic heterocycles. The van der Waals surface area contributed by atoms with E-state index in [0.717, 1.165) is 19.3 Å². The minimum absolute atomic E-state index is 0.447. The third-order valence-electron chi connectivity index (χ3n) is 4.25. The van der Waals surface area contributed by atoms with Gasteiger partial charge in [0, 0.05) is 40.2 Å². The highest BCUT2D eigenvalue weighted by Gasteiger charge is 2.65. The molecule has 0 aromatic heterocycles. The Morgan fingerprint density at radius 1 is 1.31 bits per heavy atom. The van der Waals surface area contributed by atoms with Gasteiger partial charge in [-0.25, -0.2) is 0 Å². The largest absolute Gasteiger partial charge is 0.372 e. The van der Waals surface area contributed by atoms with Crippen molar-refractivity contribution in [2.24, 2.45) is 5.92 Å². The summed E-state index contributed by atoms with van der Waals surface area (Å²) in [5, 5.41) is 0. The molecule has 0 amide bonds. The van der Waals surface area contributed by atoms with Crippen LogP contribution < -0.4 is 0 Å². The van der Waals surface area contributed by atoms with Crippen molar-refractivity contribution in [2.75, 3.05) is 18.6 Å². The van der Waals surface area contributed by atoms with E-state index in [1.54, 1.807) is 7.11 Å². The molecular weight excluding hydrogens is 244 g/mol. The van der Waals surface area contributed by atoms with Gasteiger partial charge in [0.25, 0.3) is 0 Å². The molecule has 1 saturated carbocycles. The summed E-state index contributed by atoms with van der Waals surface area (Å²) in [6.45, 7) is 0. The van der Waals surface area contributed by atoms with Crippen molar-refractivity contribution >= 4 is 21.6 Å². The Morgan fingerprint density at radius 3 is 2.50 bits per heavy atom. The standard InChI is InChI=1S/C11H16O3S2/c1-14-10-4-2-9(3-5-10)8-11(10)15(12)6-7-16(11)13/h2,4,9H,3,5-8H2,1H3/t9-,10-,11?,15?,16?/m1/s1. The quantitative estimate of drug-likeness (QED) is 0.659. The lowest BCUT2D eigenvalue weighted by atomic mass is 9.72. The number of allylic oxidation sites excluding steroid dienone is 1. The minimum Gasteiger partial charge on any atom is -0.372 e. The first-order valence-electron chi connectivity index (χ1n) is 5.66. The van der Waals surface area contributed by atoms with Crippen LogP contribution in [0, 0.1) is 5.92 Å². The van der Waals surface area contributed by atoms with Crippen molar-refractivity contribution in [2.45, 2.75) is 28.9 Å². The van der Waals surface area contributed by atoms with Crippen molar-refractivity contribution in [1.29, 1.82) is 0 Å². The fraction of sp³-hybridized carbons (Fsp3) is 0.818. The third-order valence-corrected chi connectivity index (χ3v) is 9.27. The molecule has 4 atom stereocenters. The van der Waals surface area contributed by atoms with E-state index in [1.165, 1.54) is 0 Å². The van der Waals surface area contributed by atoms with Gasteiger partial charge < -0.3 is 4.74 Å². The van der Waals surface area contributed by atoms with E-state index in [4.69, 9.17) is 4.74 Å². The van der Waals surface area contributed by atoms with Gasteiger partial charge >= 0.3 is 0 Å². The summed E-state index contributed by atoms with van der Waals surface area (Å²) in [6.07, 6.45) is 6.90. The van der Waals surface area contributed by atoms with Crippen LogP contribution in [0.5, 0.6) is 0 Å². The fourth-order valence-corrected chi connectivity index (χ4v) is 8.64. The van der Waals surface area contributed by atoms with Gasteiger partial charge in [0.2, 0.25) is 0 Å². The maximum Gasteiger partial charge on any atom is 0.153 e. The Kier molecular flexibility index (Phi) is 2.43. The van der Waals surface area contributed by atoms with Crippen LogP contribution in [0.15, 0.2) is 12.2 Å². The summed E-state index contributed by atoms with van der Waals surface area (Å²) in [7, 11) is -0.369. The van der Waals surface area contributed by atoms with Crippen LogP contribution in [0.4, 0.5) is 0 Å². The zero-order valence-corrected chi connectivity index (χ0v) is 10.9. The first-order chi connectivity index (χ1) is 7.64. The predicted octanol–water partition coefficient (Wildman–Crippen LogP) is 0.949. The molecule has 0 aromatic carbocycles. The molecule has 3 nitrogen and oxygen atoms in total. The van der Waals surface area contributed by atoms with Gasteiger partial charge in [-0.3, -0.25) is 8.42 Å². The fourth-order valence-electron chi connectivity index (χ4n) is 3.36. The molecule has 0 radical (unpaired) electrons. The molecule has 2 unspecified atom stereocenters. The van der Waals surface area contributed by atoms with Gasteiger partial charge in [-0.1, -0.05) is 12.2 Å². The van der Waals surface area contributed by atoms with Gasteiger partial charge in [-0.2, -0.15) is 0 Å². The van der Waals surface area contributed by atoms with Crippen LogP contribution in [-0.2, 0) is 26.3 Å². The van der Waals surface area contributed by atoms with Crippen molar-refractivity contribution in [3.05, 3.63) is 12.2 Å². The van der Waals surface area contributed by atoms with Crippen LogP contribution in [0.2, 0.25) is 0 Å². The highest BCUT2D eigenvalue weighted by molar-refractivity contribution is 8.07. The number of hydrogen-bond acceptors (Lipinski definition) is 3. The number of methoxy groups -OCH3 is 1. The third kappa shape index (κ3) is 1.12. The lowest BCUT2D eigenvalue weighted by Gasteiger charge is -2.52. The van der Waals surface area contributed by atoms with Crippen LogP contribution in [-0.4, -0.2) is 36.7 Å². The van der Waals surface area contributed by atoms with Crippen molar-refractivity contribution < 1.29 is 13.2 Å². The Morgan fingerprint density at radius 2 is 2.00 bits per heavy atom. The maximum absolute atomic E-state index is 12.3. The second-order valence-corrected chi connectivity index (χ2v) is 8.66. The minimum atomic E-state index is -1.01. The summed E-state index contributed by atoms with van der Waals surface area (Å²) in [6, 6.07) is 0. The first kappa shape index (κ1) is 11.1. The van der Waals surface area contributed by atoms with E-state index in [0.29, 0.717) is 17.4 Å². The molecular formula is C11H16O3S2. The smallest absolute Gasteiger partial charge is 0.153 e. The Hall–Kier alpha value is -0.000000000000000111. The second kappa shape index (κ2) is 3.50. The topological polar surface area (TPSA) is 43.4 Å². The number of rotatable bonds is 1. The lowest BCUT2D eigenvalue weighted by Crippen LogP contribution is -2.62. The van der Waals surface area contributed by atoms with Crippen molar-refractivity contribution in [3.63, 3.8) is 0 Å². The molecule has 1 spiro atoms. The molecule has 2 fully saturated rings. The monoisotopic (exact) mass is 260 g/mol. The van der Waals surface area contributed by atoms with E-state index in [9.17, 15) is 8.42 Å². The maximum atomic E-state index is 12.3. The molecule has 2 bridgehead atoms. The summed E-state index contributed by atoms with van der Waals surface area (Å²) in [5.74, 6) is 1.58. The summed E-state index contributed by atoms with van der Waals surface area (Å²) in [4.78, 5) is 0. The molecule has 16 heavy (non-hydrogen) atoms. The van der Waals surface area contributed by atoms with Gasteiger partial charge in [-0.05, 0) is 25.2 Å². The summed E-state index contributed by atoms with van der Waals surface area (Å²) in [5.41, 5.74) is -0.534. The van der Waals surface area contributed by atoms with E-state index < -0.39 is 31.3 Å². The average molecular weight is 260 g/mol. The van der Waals surface area contributed by atoms with Gasteiger partial charge in [-0.15, -0.1) is 0 Å². The molecule has 4 aliphatic rings. The average Bonchev–Trinajstić information content (AvgIpc) is 2.60. The van der Waals surface area contributed by atoms with E-state index in [1.807, 2.05) is 6.08 Å². The molecule has 5 heteroatoms. The first-order valence-corrected chi connectivity index (χ1v) is 8.30. The molecule has 90 valence electrons. The second-order valence-electron chi connectivity index (χ2n) is 4.81. The van der Waals surface area contributed by atoms with Crippen LogP contribution in [0.3, 0.4) is 0 Å². The number of fused-ring (bicyclic) bond motifs is 1. The highest BCUT2D eigenvalue weighted by atomic mass is 32.3. The molecule has 1 heterocycles. The van der Waals surface area contributed by atoms with Gasteiger partial charge in [0.15, 0.2) is 4.08 Å². The lowest BCUT2D eigenvalue weighted by molar-refractivity contribution is -0.0200. The molecule has 4 rings (SSSR count). The van der Waals surface area contributed by atoms with Crippen LogP contribution in [0.1, 0.15) is 19.3 Å². The van der Waals surface area contributed by atoms with Gasteiger partial charge in [0.05, 0.1) is 0 Å². The summed E-state index contributed by atoms with van der Waals surface area (Å²) < 4.78 is 29.7. The molecule has 1 saturated heterocycles. The molecule has 0 N–H and O–H groups in total. The zero-order valence-electron chi connectivity index (χ0n) is 9.31. The van der Waals surface area contributed by atoms with Crippen LogP contribution in [0.25, 0.3) is 0 Å². The molecule has 3 aliphatic carbocycles. The van der Waals surface area contributed by atoms with Crippen molar-refractivity contribution in [3.8, 4) is 0 Å².